The molecule has 5 nitrogen and oxygen atoms in total. The van der Waals surface area contributed by atoms with E-state index in [2.05, 4.69) is 119 Å². The van der Waals surface area contributed by atoms with E-state index in [0.717, 1.165) is 32.6 Å². The third kappa shape index (κ3) is 7.18. The van der Waals surface area contributed by atoms with Crippen LogP contribution in [0.1, 0.15) is 34.3 Å². The van der Waals surface area contributed by atoms with Gasteiger partial charge in [-0.3, -0.25) is 14.4 Å². The fraction of sp³-hybridized carbons (Fsp3) is 0.250. The molecule has 0 saturated carbocycles. The summed E-state index contributed by atoms with van der Waals surface area (Å²) in [6.45, 7) is 4.31. The van der Waals surface area contributed by atoms with Crippen LogP contribution in [0.5, 0.6) is 0 Å². The van der Waals surface area contributed by atoms with Crippen molar-refractivity contribution in [3.8, 4) is 0 Å². The highest BCUT2D eigenvalue weighted by atomic mass is 32.2. The molecule has 1 N–H and O–H groups in total. The average molecular weight is 559 g/mol. The minimum atomic E-state index is -3.67. The van der Waals surface area contributed by atoms with Gasteiger partial charge >= 0.3 is 0 Å². The Morgan fingerprint density at radius 1 is 0.718 bits per heavy atom. The topological polar surface area (TPSA) is 60.9 Å². The van der Waals surface area contributed by atoms with E-state index in [1.165, 1.54) is 32.0 Å². The summed E-state index contributed by atoms with van der Waals surface area (Å²) in [6.07, 6.45) is 1.80. The van der Waals surface area contributed by atoms with E-state index in [0.29, 0.717) is 18.3 Å². The second-order valence-electron chi connectivity index (χ2n) is 10.00. The lowest BCUT2D eigenvalue weighted by Crippen LogP contribution is -2.49. The Kier molecular flexibility index (Phi) is 8.85. The molecule has 0 spiro atoms. The van der Waals surface area contributed by atoms with Crippen molar-refractivity contribution in [3.05, 3.63) is 131 Å². The molecule has 0 aromatic heterocycles. The highest BCUT2D eigenvalue weighted by Gasteiger charge is 2.32. The molecule has 1 saturated heterocycles. The third-order valence-electron chi connectivity index (χ3n) is 7.27. The predicted molar refractivity (Wildman–Crippen MR) is 159 cm³/mol. The van der Waals surface area contributed by atoms with Gasteiger partial charge in [-0.15, -0.1) is 0 Å². The summed E-state index contributed by atoms with van der Waals surface area (Å²) in [5.41, 5.74) is 5.72. The van der Waals surface area contributed by atoms with Gasteiger partial charge in [0.25, 0.3) is 10.1 Å². The molecule has 7 heteroatoms. The maximum Gasteiger partial charge on any atom is 0.261 e. The van der Waals surface area contributed by atoms with Crippen molar-refractivity contribution in [2.75, 3.05) is 32.4 Å². The van der Waals surface area contributed by atoms with Gasteiger partial charge in [0.15, 0.2) is 0 Å². The molecular formula is C32H34N2O3S2. The fourth-order valence-corrected chi connectivity index (χ4v) is 6.71. The van der Waals surface area contributed by atoms with Crippen LogP contribution in [0, 0.1) is 0 Å². The molecule has 1 unspecified atom stereocenters. The predicted octanol–water partition coefficient (Wildman–Crippen LogP) is 6.35. The molecule has 2 aliphatic rings. The molecule has 2 heterocycles. The minimum Gasteiger partial charge on any atom is -0.293 e. The Morgan fingerprint density at radius 3 is 1.79 bits per heavy atom. The second kappa shape index (κ2) is 12.5. The van der Waals surface area contributed by atoms with E-state index in [9.17, 15) is 8.42 Å². The van der Waals surface area contributed by atoms with Crippen molar-refractivity contribution in [3.63, 3.8) is 0 Å². The van der Waals surface area contributed by atoms with Crippen LogP contribution in [0.4, 0.5) is 0 Å². The Hall–Kier alpha value is -2.94. The number of hydrogen-bond acceptors (Lipinski definition) is 5. The summed E-state index contributed by atoms with van der Waals surface area (Å²) >= 11 is 1.93. The Bertz CT molecular complexity index is 1420. The fourth-order valence-electron chi connectivity index (χ4n) is 5.58. The molecule has 0 bridgehead atoms. The molecule has 0 amide bonds. The Morgan fingerprint density at radius 2 is 1.21 bits per heavy atom. The molecule has 1 atom stereocenters. The molecule has 4 aromatic rings. The zero-order valence-electron chi connectivity index (χ0n) is 22.1. The molecule has 2 aliphatic heterocycles. The first-order valence-electron chi connectivity index (χ1n) is 13.2. The van der Waals surface area contributed by atoms with Crippen LogP contribution in [-0.4, -0.2) is 55.2 Å². The quantitative estimate of drug-likeness (QED) is 0.295. The van der Waals surface area contributed by atoms with Gasteiger partial charge in [0.1, 0.15) is 0 Å². The average Bonchev–Trinajstić information content (AvgIpc) is 3.11. The summed E-state index contributed by atoms with van der Waals surface area (Å²) in [6, 6.07) is 40.7. The van der Waals surface area contributed by atoms with Crippen molar-refractivity contribution in [1.82, 2.24) is 9.80 Å². The van der Waals surface area contributed by atoms with Crippen molar-refractivity contribution >= 4 is 21.9 Å². The molecule has 0 radical (unpaired) electrons. The van der Waals surface area contributed by atoms with Gasteiger partial charge < -0.3 is 0 Å². The Balaban J connectivity index is 0.000000567. The highest BCUT2D eigenvalue weighted by Crippen LogP contribution is 2.43. The summed E-state index contributed by atoms with van der Waals surface area (Å²) in [7, 11) is -3.67. The number of rotatable bonds is 4. The van der Waals surface area contributed by atoms with Gasteiger partial charge in [-0.2, -0.15) is 8.42 Å². The first kappa shape index (κ1) is 27.6. The van der Waals surface area contributed by atoms with Crippen LogP contribution in [0.15, 0.2) is 119 Å². The van der Waals surface area contributed by atoms with Gasteiger partial charge in [0, 0.05) is 42.0 Å². The van der Waals surface area contributed by atoms with Crippen molar-refractivity contribution in [1.29, 1.82) is 0 Å². The second-order valence-corrected chi connectivity index (χ2v) is 12.5. The standard InChI is InChI=1S/C31H30N2S.CH4O3S/c1-3-11-24(12-4-1)31(25-13-5-2-6-14-25)33-21-19-32(20-22-33)28-23-26-15-7-9-17-29(26)34-30-18-10-8-16-27(28)30;1-5(2,3)4/h1-18,28,31H,19-23H2;1H3,(H,2,3,4). The van der Waals surface area contributed by atoms with Crippen molar-refractivity contribution in [2.24, 2.45) is 0 Å². The molecule has 202 valence electrons. The zero-order valence-corrected chi connectivity index (χ0v) is 23.7. The van der Waals surface area contributed by atoms with Gasteiger partial charge in [-0.25, -0.2) is 0 Å². The van der Waals surface area contributed by atoms with Crippen LogP contribution >= 0.6 is 11.8 Å². The van der Waals surface area contributed by atoms with E-state index in [-0.39, 0.29) is 0 Å². The maximum absolute atomic E-state index is 9.19. The lowest BCUT2D eigenvalue weighted by atomic mass is 9.94. The highest BCUT2D eigenvalue weighted by molar-refractivity contribution is 7.99. The summed E-state index contributed by atoms with van der Waals surface area (Å²) in [5, 5.41) is 0. The molecule has 6 rings (SSSR count). The van der Waals surface area contributed by atoms with Crippen LogP contribution < -0.4 is 0 Å². The van der Waals surface area contributed by atoms with Crippen molar-refractivity contribution in [2.45, 2.75) is 28.3 Å². The summed E-state index contributed by atoms with van der Waals surface area (Å²) in [4.78, 5) is 8.22. The van der Waals surface area contributed by atoms with Crippen LogP contribution in [-0.2, 0) is 16.5 Å². The van der Waals surface area contributed by atoms with Crippen LogP contribution in [0.25, 0.3) is 0 Å². The lowest BCUT2D eigenvalue weighted by Gasteiger charge is -2.43. The molecule has 1 fully saturated rings. The Labute approximate surface area is 236 Å². The normalized spacial score (nSPS) is 17.9. The molecule has 0 aliphatic carbocycles. The summed E-state index contributed by atoms with van der Waals surface area (Å²) in [5.74, 6) is 0. The van der Waals surface area contributed by atoms with E-state index < -0.39 is 10.1 Å². The van der Waals surface area contributed by atoms with Gasteiger partial charge in [-0.05, 0) is 40.8 Å². The number of benzene rings is 4. The van der Waals surface area contributed by atoms with Gasteiger partial charge in [0.2, 0.25) is 0 Å². The van der Waals surface area contributed by atoms with Crippen LogP contribution in [0.2, 0.25) is 0 Å². The maximum atomic E-state index is 9.19. The molecular weight excluding hydrogens is 524 g/mol. The minimum absolute atomic E-state index is 0.308. The lowest BCUT2D eigenvalue weighted by molar-refractivity contribution is 0.0773. The van der Waals surface area contributed by atoms with Gasteiger partial charge in [0.05, 0.1) is 12.3 Å². The summed E-state index contributed by atoms with van der Waals surface area (Å²) < 4.78 is 25.9. The smallest absolute Gasteiger partial charge is 0.261 e. The number of piperazine rings is 1. The number of fused-ring (bicyclic) bond motifs is 2. The van der Waals surface area contributed by atoms with E-state index in [4.69, 9.17) is 4.55 Å². The van der Waals surface area contributed by atoms with Crippen LogP contribution in [0.3, 0.4) is 0 Å². The van der Waals surface area contributed by atoms with E-state index in [1.807, 2.05) is 11.8 Å². The zero-order chi connectivity index (χ0) is 27.2. The van der Waals surface area contributed by atoms with Crippen molar-refractivity contribution < 1.29 is 13.0 Å². The first-order valence-corrected chi connectivity index (χ1v) is 15.9. The monoisotopic (exact) mass is 558 g/mol. The molecule has 4 aromatic carbocycles. The van der Waals surface area contributed by atoms with Gasteiger partial charge in [-0.1, -0.05) is 109 Å². The molecule has 39 heavy (non-hydrogen) atoms. The largest absolute Gasteiger partial charge is 0.293 e. The van der Waals surface area contributed by atoms with E-state index in [1.54, 1.807) is 0 Å². The third-order valence-corrected chi connectivity index (χ3v) is 8.48. The first-order chi connectivity index (χ1) is 18.9. The number of hydrogen-bond donors (Lipinski definition) is 1. The SMILES string of the molecule is CS(=O)(=O)O.c1ccc(C(c2ccccc2)N2CCN(C3Cc4ccccc4Sc4ccccc43)CC2)cc1. The van der Waals surface area contributed by atoms with E-state index >= 15 is 0 Å². The number of nitrogens with zero attached hydrogens (tertiary/aromatic N) is 2.